The number of benzene rings is 1. The summed E-state index contributed by atoms with van der Waals surface area (Å²) in [7, 11) is 0. The molecule has 126 valence electrons. The zero-order valence-electron chi connectivity index (χ0n) is 13.9. The van der Waals surface area contributed by atoms with E-state index in [-0.39, 0.29) is 6.10 Å². The van der Waals surface area contributed by atoms with E-state index in [2.05, 4.69) is 44.5 Å². The minimum atomic E-state index is 0.223. The van der Waals surface area contributed by atoms with Crippen molar-refractivity contribution in [3.63, 3.8) is 0 Å². The molecule has 2 aromatic rings. The number of ether oxygens (including phenoxy) is 1. The van der Waals surface area contributed by atoms with Gasteiger partial charge in [-0.05, 0) is 36.5 Å². The van der Waals surface area contributed by atoms with Gasteiger partial charge in [-0.1, -0.05) is 24.3 Å². The number of nitrogens with zero attached hydrogens (tertiary/aromatic N) is 3. The van der Waals surface area contributed by atoms with Crippen LogP contribution in [0.25, 0.3) is 0 Å². The Bertz CT molecular complexity index is 655. The van der Waals surface area contributed by atoms with Crippen LogP contribution in [0.1, 0.15) is 30.1 Å². The Labute approximate surface area is 143 Å². The molecule has 1 atom stereocenters. The summed E-state index contributed by atoms with van der Waals surface area (Å²) in [4.78, 5) is 10.7. The second kappa shape index (κ2) is 7.28. The maximum Gasteiger partial charge on any atom is 0.129 e. The van der Waals surface area contributed by atoms with E-state index in [1.165, 1.54) is 11.1 Å². The van der Waals surface area contributed by atoms with Crippen LogP contribution in [0.15, 0.2) is 42.9 Å². The molecular formula is C19H24N4O. The summed E-state index contributed by atoms with van der Waals surface area (Å²) >= 11 is 0. The molecule has 1 N–H and O–H groups in total. The van der Waals surface area contributed by atoms with Crippen molar-refractivity contribution in [1.29, 1.82) is 0 Å². The molecule has 1 aromatic heterocycles. The van der Waals surface area contributed by atoms with Gasteiger partial charge in [0.15, 0.2) is 0 Å². The molecule has 0 saturated carbocycles. The Hall–Kier alpha value is -1.98. The van der Waals surface area contributed by atoms with Crippen LogP contribution in [-0.4, -0.2) is 47.2 Å². The van der Waals surface area contributed by atoms with Gasteiger partial charge < -0.3 is 15.0 Å². The van der Waals surface area contributed by atoms with Crippen molar-refractivity contribution >= 4 is 5.82 Å². The van der Waals surface area contributed by atoms with Gasteiger partial charge in [0.25, 0.3) is 0 Å². The second-order valence-corrected chi connectivity index (χ2v) is 6.62. The lowest BCUT2D eigenvalue weighted by Crippen LogP contribution is -2.42. The van der Waals surface area contributed by atoms with E-state index in [0.29, 0.717) is 6.04 Å². The van der Waals surface area contributed by atoms with Crippen LogP contribution in [0.2, 0.25) is 0 Å². The van der Waals surface area contributed by atoms with Crippen LogP contribution in [0.5, 0.6) is 0 Å². The SMILES string of the molecule is c1ccc2c(c1)CCOC2CN1CCC(Nc2ccncn2)CC1. The molecule has 0 amide bonds. The first-order chi connectivity index (χ1) is 11.9. The van der Waals surface area contributed by atoms with E-state index in [1.807, 2.05) is 6.07 Å². The fourth-order valence-electron chi connectivity index (χ4n) is 3.71. The van der Waals surface area contributed by atoms with E-state index in [9.17, 15) is 0 Å². The quantitative estimate of drug-likeness (QED) is 0.937. The summed E-state index contributed by atoms with van der Waals surface area (Å²) in [6.45, 7) is 4.04. The summed E-state index contributed by atoms with van der Waals surface area (Å²) in [5.41, 5.74) is 2.83. The van der Waals surface area contributed by atoms with Crippen molar-refractivity contribution in [3.05, 3.63) is 54.0 Å². The third kappa shape index (κ3) is 3.57. The average Bonchev–Trinajstić information content (AvgIpc) is 2.65. The fourth-order valence-corrected chi connectivity index (χ4v) is 3.71. The number of likely N-dealkylation sites (tertiary alicyclic amines) is 1. The van der Waals surface area contributed by atoms with E-state index >= 15 is 0 Å². The van der Waals surface area contributed by atoms with Gasteiger partial charge in [-0.3, -0.25) is 0 Å². The molecule has 0 radical (unpaired) electrons. The van der Waals surface area contributed by atoms with Crippen LogP contribution >= 0.6 is 0 Å². The lowest BCUT2D eigenvalue weighted by atomic mass is 9.96. The lowest BCUT2D eigenvalue weighted by Gasteiger charge is -2.36. The first-order valence-corrected chi connectivity index (χ1v) is 8.83. The highest BCUT2D eigenvalue weighted by Gasteiger charge is 2.26. The molecular weight excluding hydrogens is 300 g/mol. The number of hydrogen-bond donors (Lipinski definition) is 1. The van der Waals surface area contributed by atoms with Gasteiger partial charge in [-0.2, -0.15) is 0 Å². The zero-order chi connectivity index (χ0) is 16.2. The van der Waals surface area contributed by atoms with Gasteiger partial charge in [-0.15, -0.1) is 0 Å². The van der Waals surface area contributed by atoms with Gasteiger partial charge in [-0.25, -0.2) is 9.97 Å². The Morgan fingerprint density at radius 2 is 2.04 bits per heavy atom. The predicted octanol–water partition coefficient (Wildman–Crippen LogP) is 2.67. The molecule has 2 aliphatic rings. The molecule has 3 heterocycles. The minimum absolute atomic E-state index is 0.223. The molecule has 2 aliphatic heterocycles. The van der Waals surface area contributed by atoms with Gasteiger partial charge in [0.2, 0.25) is 0 Å². The highest BCUT2D eigenvalue weighted by Crippen LogP contribution is 2.28. The Kier molecular flexibility index (Phi) is 4.71. The number of hydrogen-bond acceptors (Lipinski definition) is 5. The smallest absolute Gasteiger partial charge is 0.129 e. The van der Waals surface area contributed by atoms with E-state index in [0.717, 1.165) is 51.3 Å². The Morgan fingerprint density at radius 1 is 1.17 bits per heavy atom. The number of piperidine rings is 1. The highest BCUT2D eigenvalue weighted by molar-refractivity contribution is 5.33. The molecule has 0 aliphatic carbocycles. The summed E-state index contributed by atoms with van der Waals surface area (Å²) < 4.78 is 6.06. The van der Waals surface area contributed by atoms with Crippen molar-refractivity contribution in [3.8, 4) is 0 Å². The minimum Gasteiger partial charge on any atom is -0.372 e. The van der Waals surface area contributed by atoms with Crippen LogP contribution in [-0.2, 0) is 11.2 Å². The molecule has 5 heteroatoms. The van der Waals surface area contributed by atoms with Gasteiger partial charge >= 0.3 is 0 Å². The third-order valence-corrected chi connectivity index (χ3v) is 5.04. The maximum atomic E-state index is 6.06. The van der Waals surface area contributed by atoms with E-state index < -0.39 is 0 Å². The van der Waals surface area contributed by atoms with Crippen LogP contribution in [0.3, 0.4) is 0 Å². The zero-order valence-corrected chi connectivity index (χ0v) is 13.9. The molecule has 1 fully saturated rings. The van der Waals surface area contributed by atoms with Crippen molar-refractivity contribution in [2.45, 2.75) is 31.4 Å². The summed E-state index contributed by atoms with van der Waals surface area (Å²) in [6.07, 6.45) is 6.91. The van der Waals surface area contributed by atoms with Crippen molar-refractivity contribution in [2.75, 3.05) is 31.6 Å². The van der Waals surface area contributed by atoms with Gasteiger partial charge in [0.1, 0.15) is 12.1 Å². The normalized spacial score (nSPS) is 22.1. The fraction of sp³-hybridized carbons (Fsp3) is 0.474. The van der Waals surface area contributed by atoms with Gasteiger partial charge in [0.05, 0.1) is 12.7 Å². The molecule has 1 unspecified atom stereocenters. The predicted molar refractivity (Wildman–Crippen MR) is 94.0 cm³/mol. The van der Waals surface area contributed by atoms with E-state index in [4.69, 9.17) is 4.74 Å². The monoisotopic (exact) mass is 324 g/mol. The molecule has 0 spiro atoms. The Morgan fingerprint density at radius 3 is 2.88 bits per heavy atom. The van der Waals surface area contributed by atoms with Crippen LogP contribution in [0, 0.1) is 0 Å². The van der Waals surface area contributed by atoms with E-state index in [1.54, 1.807) is 12.5 Å². The average molecular weight is 324 g/mol. The topological polar surface area (TPSA) is 50.3 Å². The number of aromatic nitrogens is 2. The number of anilines is 1. The number of nitrogens with one attached hydrogen (secondary N) is 1. The highest BCUT2D eigenvalue weighted by atomic mass is 16.5. The first kappa shape index (κ1) is 15.5. The maximum absolute atomic E-state index is 6.06. The van der Waals surface area contributed by atoms with Crippen molar-refractivity contribution in [2.24, 2.45) is 0 Å². The number of rotatable bonds is 4. The molecule has 1 aromatic carbocycles. The molecule has 0 bridgehead atoms. The largest absolute Gasteiger partial charge is 0.372 e. The molecule has 4 rings (SSSR count). The summed E-state index contributed by atoms with van der Waals surface area (Å²) in [6, 6.07) is 11.1. The third-order valence-electron chi connectivity index (χ3n) is 5.04. The van der Waals surface area contributed by atoms with Crippen molar-refractivity contribution < 1.29 is 4.74 Å². The summed E-state index contributed by atoms with van der Waals surface area (Å²) in [5.74, 6) is 0.924. The van der Waals surface area contributed by atoms with Crippen molar-refractivity contribution in [1.82, 2.24) is 14.9 Å². The number of fused-ring (bicyclic) bond motifs is 1. The van der Waals surface area contributed by atoms with Gasteiger partial charge in [0, 0.05) is 31.9 Å². The molecule has 5 nitrogen and oxygen atoms in total. The standard InChI is InChI=1S/C19H24N4O/c1-2-4-17-15(3-1)8-12-24-18(17)13-23-10-6-16(7-11-23)22-19-5-9-20-14-21-19/h1-5,9,14,16,18H,6-8,10-13H2,(H,20,21,22). The Balaban J connectivity index is 1.31. The lowest BCUT2D eigenvalue weighted by molar-refractivity contribution is 0.0115. The molecule has 1 saturated heterocycles. The first-order valence-electron chi connectivity index (χ1n) is 8.83. The van der Waals surface area contributed by atoms with Crippen LogP contribution in [0.4, 0.5) is 5.82 Å². The second-order valence-electron chi connectivity index (χ2n) is 6.62. The van der Waals surface area contributed by atoms with Crippen LogP contribution < -0.4 is 5.32 Å². The molecule has 24 heavy (non-hydrogen) atoms. The summed E-state index contributed by atoms with van der Waals surface area (Å²) in [5, 5.41) is 3.51.